The zero-order valence-electron chi connectivity index (χ0n) is 11.5. The largest absolute Gasteiger partial charge is 0.482 e. The number of nitrogens with one attached hydrogen (secondary N) is 3. The lowest BCUT2D eigenvalue weighted by atomic mass is 10.4. The quantitative estimate of drug-likeness (QED) is 0.370. The molecule has 1 aliphatic rings. The minimum absolute atomic E-state index is 0.0717. The second-order valence-corrected chi connectivity index (χ2v) is 3.88. The van der Waals surface area contributed by atoms with Crippen LogP contribution in [0.3, 0.4) is 0 Å². The van der Waals surface area contributed by atoms with Crippen molar-refractivity contribution in [3.8, 4) is 0 Å². The lowest BCUT2D eigenvalue weighted by molar-refractivity contribution is -0.138. The molecule has 8 heteroatoms. The van der Waals surface area contributed by atoms with Crippen molar-refractivity contribution >= 4 is 18.0 Å². The van der Waals surface area contributed by atoms with E-state index in [-0.39, 0.29) is 13.2 Å². The molecule has 0 spiro atoms. The average Bonchev–Trinajstić information content (AvgIpc) is 2.43. The Morgan fingerprint density at radius 3 is 2.95 bits per heavy atom. The molecule has 110 valence electrons. The molecule has 1 aliphatic heterocycles. The first-order valence-electron chi connectivity index (χ1n) is 5.96. The van der Waals surface area contributed by atoms with Crippen molar-refractivity contribution in [1.29, 1.82) is 0 Å². The number of guanidine groups is 1. The Labute approximate surface area is 116 Å². The van der Waals surface area contributed by atoms with Crippen molar-refractivity contribution in [3.05, 3.63) is 24.1 Å². The van der Waals surface area contributed by atoms with Gasteiger partial charge < -0.3 is 14.8 Å². The van der Waals surface area contributed by atoms with Crippen LogP contribution in [0.4, 0.5) is 4.79 Å². The van der Waals surface area contributed by atoms with Crippen LogP contribution in [0.1, 0.15) is 6.92 Å². The highest BCUT2D eigenvalue weighted by Gasteiger charge is 2.10. The smallest absolute Gasteiger partial charge is 0.333 e. The maximum absolute atomic E-state index is 11.5. The summed E-state index contributed by atoms with van der Waals surface area (Å²) >= 11 is 0. The molecular weight excluding hydrogens is 264 g/mol. The summed E-state index contributed by atoms with van der Waals surface area (Å²) in [6.45, 7) is 5.67. The number of hydrogen-bond donors (Lipinski definition) is 3. The third-order valence-electron chi connectivity index (χ3n) is 2.19. The van der Waals surface area contributed by atoms with Crippen LogP contribution in [0.15, 0.2) is 29.1 Å². The Hall–Kier alpha value is -2.51. The number of carbonyl (C=O) groups is 2. The monoisotopic (exact) mass is 282 g/mol. The van der Waals surface area contributed by atoms with E-state index in [9.17, 15) is 9.59 Å². The lowest BCUT2D eigenvalue weighted by Gasteiger charge is -2.16. The second kappa shape index (κ2) is 7.82. The average molecular weight is 282 g/mol. The number of nitrogens with zero attached hydrogens (tertiary/aromatic N) is 1. The summed E-state index contributed by atoms with van der Waals surface area (Å²) in [5.74, 6) is 0.326. The van der Waals surface area contributed by atoms with E-state index in [1.54, 1.807) is 13.0 Å². The minimum atomic E-state index is -0.486. The molecule has 0 atom stereocenters. The van der Waals surface area contributed by atoms with Crippen LogP contribution in [-0.4, -0.2) is 44.8 Å². The van der Waals surface area contributed by atoms with Crippen molar-refractivity contribution in [1.82, 2.24) is 16.0 Å². The summed E-state index contributed by atoms with van der Waals surface area (Å²) in [5, 5.41) is 7.80. The molecule has 8 nitrogen and oxygen atoms in total. The molecule has 0 unspecified atom stereocenters. The van der Waals surface area contributed by atoms with Crippen molar-refractivity contribution in [2.24, 2.45) is 4.99 Å². The van der Waals surface area contributed by atoms with Crippen LogP contribution < -0.4 is 16.0 Å². The molecule has 0 fully saturated rings. The molecule has 1 heterocycles. The molecule has 0 aromatic carbocycles. The summed E-state index contributed by atoms with van der Waals surface area (Å²) < 4.78 is 9.80. The topological polar surface area (TPSA) is 101 Å². The van der Waals surface area contributed by atoms with Gasteiger partial charge >= 0.3 is 12.0 Å². The molecule has 20 heavy (non-hydrogen) atoms. The molecule has 0 radical (unpaired) electrons. The Balaban J connectivity index is 2.20. The van der Waals surface area contributed by atoms with Crippen molar-refractivity contribution in [2.45, 2.75) is 6.92 Å². The fourth-order valence-corrected chi connectivity index (χ4v) is 1.22. The van der Waals surface area contributed by atoms with Gasteiger partial charge in [-0.15, -0.1) is 0 Å². The third-order valence-corrected chi connectivity index (χ3v) is 2.19. The van der Waals surface area contributed by atoms with E-state index in [0.29, 0.717) is 24.0 Å². The zero-order chi connectivity index (χ0) is 15.0. The van der Waals surface area contributed by atoms with Gasteiger partial charge in [0.05, 0.1) is 20.2 Å². The van der Waals surface area contributed by atoms with Gasteiger partial charge in [-0.25, -0.2) is 14.6 Å². The number of hydrogen-bond acceptors (Lipinski definition) is 6. The van der Waals surface area contributed by atoms with Crippen LogP contribution in [0, 0.1) is 0 Å². The van der Waals surface area contributed by atoms with E-state index in [1.165, 1.54) is 7.11 Å². The second-order valence-electron chi connectivity index (χ2n) is 3.88. The summed E-state index contributed by atoms with van der Waals surface area (Å²) in [6, 6.07) is -0.458. The van der Waals surface area contributed by atoms with E-state index in [4.69, 9.17) is 9.47 Å². The number of aliphatic imine (C=N–C) groups is 1. The van der Waals surface area contributed by atoms with Gasteiger partial charge in [0.25, 0.3) is 0 Å². The van der Waals surface area contributed by atoms with Crippen LogP contribution in [-0.2, 0) is 14.3 Å². The molecule has 2 amide bonds. The Morgan fingerprint density at radius 1 is 1.55 bits per heavy atom. The molecule has 0 aromatic rings. The highest BCUT2D eigenvalue weighted by Crippen LogP contribution is 1.95. The molecule has 3 N–H and O–H groups in total. The van der Waals surface area contributed by atoms with E-state index in [1.807, 2.05) is 0 Å². The normalized spacial score (nSPS) is 13.3. The van der Waals surface area contributed by atoms with E-state index >= 15 is 0 Å². The Bertz CT molecular complexity index is 456. The van der Waals surface area contributed by atoms with Crippen LogP contribution >= 0.6 is 0 Å². The molecule has 0 bridgehead atoms. The van der Waals surface area contributed by atoms with Gasteiger partial charge in [-0.2, -0.15) is 0 Å². The molecule has 1 rings (SSSR count). The molecule has 0 aromatic heterocycles. The molecule has 0 aliphatic carbocycles. The van der Waals surface area contributed by atoms with Crippen molar-refractivity contribution < 1.29 is 19.1 Å². The van der Waals surface area contributed by atoms with E-state index in [2.05, 4.69) is 27.5 Å². The highest BCUT2D eigenvalue weighted by atomic mass is 16.5. The number of urea groups is 1. The van der Waals surface area contributed by atoms with Gasteiger partial charge in [0.15, 0.2) is 5.88 Å². The van der Waals surface area contributed by atoms with E-state index < -0.39 is 12.0 Å². The van der Waals surface area contributed by atoms with Gasteiger partial charge in [-0.1, -0.05) is 6.58 Å². The lowest BCUT2D eigenvalue weighted by Crippen LogP contribution is -2.47. The summed E-state index contributed by atoms with van der Waals surface area (Å²) in [7, 11) is 1.51. The van der Waals surface area contributed by atoms with E-state index in [0.717, 1.165) is 0 Å². The Morgan fingerprint density at radius 2 is 2.30 bits per heavy atom. The number of esters is 1. The number of methoxy groups -OCH3 is 1. The number of ether oxygens (including phenoxy) is 2. The van der Waals surface area contributed by atoms with Crippen molar-refractivity contribution in [3.63, 3.8) is 0 Å². The van der Waals surface area contributed by atoms with Crippen LogP contribution in [0.2, 0.25) is 0 Å². The maximum Gasteiger partial charge on any atom is 0.333 e. The third kappa shape index (κ3) is 5.42. The standard InChI is InChI=1S/C12H18N4O4/c1-8(2)10(17)20-7-6-14-12(18)16-11-13-5-4-9(15-11)19-3/h4H,1,5-7H2,2-3H3,(H3,13,14,15,16,18). The predicted octanol–water partition coefficient (Wildman–Crippen LogP) is -0.148. The van der Waals surface area contributed by atoms with Crippen molar-refractivity contribution in [2.75, 3.05) is 26.8 Å². The molecular formula is C12H18N4O4. The van der Waals surface area contributed by atoms with Gasteiger partial charge in [0.2, 0.25) is 5.96 Å². The summed E-state index contributed by atoms with van der Waals surface area (Å²) in [6.07, 6.45) is 1.74. The van der Waals surface area contributed by atoms with Gasteiger partial charge in [0, 0.05) is 5.57 Å². The fraction of sp³-hybridized carbons (Fsp3) is 0.417. The minimum Gasteiger partial charge on any atom is -0.482 e. The predicted molar refractivity (Wildman–Crippen MR) is 72.8 cm³/mol. The summed E-state index contributed by atoms with van der Waals surface area (Å²) in [4.78, 5) is 26.6. The highest BCUT2D eigenvalue weighted by molar-refractivity contribution is 5.97. The SMILES string of the molecule is C=C(C)C(=O)OCCNC(=O)NC1=NCC=C(OC)N1. The number of carbonyl (C=O) groups excluding carboxylic acids is 2. The zero-order valence-corrected chi connectivity index (χ0v) is 11.5. The maximum atomic E-state index is 11.5. The first-order valence-corrected chi connectivity index (χ1v) is 5.96. The van der Waals surface area contributed by atoms with Crippen LogP contribution in [0.25, 0.3) is 0 Å². The number of amides is 2. The van der Waals surface area contributed by atoms with Crippen LogP contribution in [0.5, 0.6) is 0 Å². The first kappa shape index (κ1) is 15.5. The molecule has 0 saturated heterocycles. The Kier molecular flexibility index (Phi) is 6.08. The first-order chi connectivity index (χ1) is 9.52. The molecule has 0 saturated carbocycles. The van der Waals surface area contributed by atoms with Gasteiger partial charge in [-0.05, 0) is 13.0 Å². The fourth-order valence-electron chi connectivity index (χ4n) is 1.22. The number of rotatable bonds is 5. The summed E-state index contributed by atoms with van der Waals surface area (Å²) in [5.41, 5.74) is 0.314. The van der Waals surface area contributed by atoms with Gasteiger partial charge in [0.1, 0.15) is 6.61 Å². The van der Waals surface area contributed by atoms with Gasteiger partial charge in [-0.3, -0.25) is 10.6 Å².